The zero-order valence-corrected chi connectivity index (χ0v) is 13.6. The molecule has 0 atom stereocenters. The molecule has 3 aromatic carbocycles. The number of benzene rings is 3. The molecule has 1 heterocycles. The molecule has 0 aliphatic carbocycles. The normalized spacial score (nSPS) is 10.8. The van der Waals surface area contributed by atoms with E-state index in [9.17, 15) is 4.79 Å². The van der Waals surface area contributed by atoms with Crippen LogP contribution in [0.2, 0.25) is 0 Å². The fourth-order valence-electron chi connectivity index (χ4n) is 2.92. The molecule has 25 heavy (non-hydrogen) atoms. The van der Waals surface area contributed by atoms with E-state index in [4.69, 9.17) is 9.15 Å². The first-order valence-electron chi connectivity index (χ1n) is 7.90. The van der Waals surface area contributed by atoms with E-state index in [0.29, 0.717) is 17.0 Å². The van der Waals surface area contributed by atoms with Crippen molar-refractivity contribution in [3.63, 3.8) is 0 Å². The lowest BCUT2D eigenvalue weighted by molar-refractivity contribution is 0.412. The van der Waals surface area contributed by atoms with Crippen molar-refractivity contribution in [3.8, 4) is 28.5 Å². The van der Waals surface area contributed by atoms with E-state index in [1.807, 2.05) is 66.7 Å². The van der Waals surface area contributed by atoms with Gasteiger partial charge in [0, 0.05) is 5.56 Å². The molecular weight excluding hydrogens is 314 g/mol. The van der Waals surface area contributed by atoms with Gasteiger partial charge in [-0.3, -0.25) is 0 Å². The molecule has 0 aliphatic heterocycles. The SMILES string of the molecule is COc1ccccc1-c1nc(-c2cccc3ccccc23)cc(=O)o1. The number of fused-ring (bicyclic) bond motifs is 1. The van der Waals surface area contributed by atoms with Gasteiger partial charge in [-0.15, -0.1) is 0 Å². The summed E-state index contributed by atoms with van der Waals surface area (Å²) < 4.78 is 10.7. The Hall–Kier alpha value is -3.40. The van der Waals surface area contributed by atoms with Crippen molar-refractivity contribution < 1.29 is 9.15 Å². The van der Waals surface area contributed by atoms with E-state index >= 15 is 0 Å². The molecule has 0 radical (unpaired) electrons. The minimum atomic E-state index is -0.446. The highest BCUT2D eigenvalue weighted by Crippen LogP contribution is 2.31. The summed E-state index contributed by atoms with van der Waals surface area (Å²) in [6.45, 7) is 0. The van der Waals surface area contributed by atoms with Gasteiger partial charge >= 0.3 is 5.63 Å². The summed E-state index contributed by atoms with van der Waals surface area (Å²) in [6, 6.07) is 22.7. The fraction of sp³-hybridized carbons (Fsp3) is 0.0476. The maximum atomic E-state index is 12.1. The molecule has 0 fully saturated rings. The second kappa shape index (κ2) is 6.24. The maximum Gasteiger partial charge on any atom is 0.339 e. The number of para-hydroxylation sites is 1. The average Bonchev–Trinajstić information content (AvgIpc) is 2.67. The van der Waals surface area contributed by atoms with Gasteiger partial charge in [0.05, 0.1) is 24.4 Å². The number of aromatic nitrogens is 1. The molecule has 0 aliphatic rings. The molecule has 0 saturated carbocycles. The highest BCUT2D eigenvalue weighted by Gasteiger charge is 2.13. The predicted octanol–water partition coefficient (Wildman–Crippen LogP) is 4.53. The van der Waals surface area contributed by atoms with E-state index in [-0.39, 0.29) is 5.89 Å². The van der Waals surface area contributed by atoms with Crippen LogP contribution in [-0.2, 0) is 0 Å². The van der Waals surface area contributed by atoms with E-state index in [0.717, 1.165) is 16.3 Å². The van der Waals surface area contributed by atoms with Crippen LogP contribution in [0.1, 0.15) is 0 Å². The Balaban J connectivity index is 1.95. The zero-order chi connectivity index (χ0) is 17.2. The Bertz CT molecular complexity index is 1110. The molecule has 0 unspecified atom stereocenters. The largest absolute Gasteiger partial charge is 0.496 e. The summed E-state index contributed by atoms with van der Waals surface area (Å²) >= 11 is 0. The first kappa shape index (κ1) is 15.1. The summed E-state index contributed by atoms with van der Waals surface area (Å²) in [7, 11) is 1.57. The van der Waals surface area contributed by atoms with Crippen LogP contribution in [0.3, 0.4) is 0 Å². The summed E-state index contributed by atoms with van der Waals surface area (Å²) in [4.78, 5) is 16.7. The van der Waals surface area contributed by atoms with Crippen LogP contribution in [0, 0.1) is 0 Å². The van der Waals surface area contributed by atoms with Crippen molar-refractivity contribution in [3.05, 3.63) is 83.2 Å². The van der Waals surface area contributed by atoms with Crippen molar-refractivity contribution in [1.82, 2.24) is 4.98 Å². The van der Waals surface area contributed by atoms with Gasteiger partial charge in [-0.05, 0) is 22.9 Å². The molecule has 0 saturated heterocycles. The molecule has 4 rings (SSSR count). The molecule has 4 heteroatoms. The van der Waals surface area contributed by atoms with Crippen LogP contribution < -0.4 is 10.4 Å². The average molecular weight is 329 g/mol. The van der Waals surface area contributed by atoms with E-state index in [2.05, 4.69) is 4.98 Å². The minimum absolute atomic E-state index is 0.243. The van der Waals surface area contributed by atoms with Gasteiger partial charge in [0.1, 0.15) is 5.75 Å². The van der Waals surface area contributed by atoms with Crippen molar-refractivity contribution >= 4 is 10.8 Å². The van der Waals surface area contributed by atoms with Gasteiger partial charge in [0.2, 0.25) is 5.89 Å². The summed E-state index contributed by atoms with van der Waals surface area (Å²) in [5.41, 5.74) is 1.67. The number of rotatable bonds is 3. The standard InChI is InChI=1S/C21H15NO3/c1-24-19-12-5-4-10-17(19)21-22-18(13-20(23)25-21)16-11-6-8-14-7-2-3-9-15(14)16/h2-13H,1H3. The second-order valence-corrected chi connectivity index (χ2v) is 5.59. The van der Waals surface area contributed by atoms with Crippen LogP contribution in [0.5, 0.6) is 5.75 Å². The van der Waals surface area contributed by atoms with Crippen LogP contribution in [0.15, 0.2) is 82.0 Å². The second-order valence-electron chi connectivity index (χ2n) is 5.59. The highest BCUT2D eigenvalue weighted by molar-refractivity contribution is 5.95. The molecule has 0 amide bonds. The molecule has 0 bridgehead atoms. The lowest BCUT2D eigenvalue weighted by atomic mass is 10.0. The van der Waals surface area contributed by atoms with Crippen LogP contribution >= 0.6 is 0 Å². The topological polar surface area (TPSA) is 52.3 Å². The molecule has 4 nitrogen and oxygen atoms in total. The Morgan fingerprint density at radius 3 is 2.48 bits per heavy atom. The van der Waals surface area contributed by atoms with Crippen molar-refractivity contribution in [2.24, 2.45) is 0 Å². The van der Waals surface area contributed by atoms with E-state index in [1.165, 1.54) is 6.07 Å². The number of methoxy groups -OCH3 is 1. The Morgan fingerprint density at radius 2 is 1.60 bits per heavy atom. The molecule has 122 valence electrons. The van der Waals surface area contributed by atoms with Gasteiger partial charge in [-0.25, -0.2) is 9.78 Å². The Kier molecular flexibility index (Phi) is 3.78. The lowest BCUT2D eigenvalue weighted by Gasteiger charge is -2.09. The number of nitrogens with zero attached hydrogens (tertiary/aromatic N) is 1. The first-order valence-corrected chi connectivity index (χ1v) is 7.90. The van der Waals surface area contributed by atoms with Gasteiger partial charge < -0.3 is 9.15 Å². The van der Waals surface area contributed by atoms with Crippen LogP contribution in [0.4, 0.5) is 0 Å². The summed E-state index contributed by atoms with van der Waals surface area (Å²) in [5.74, 6) is 0.848. The van der Waals surface area contributed by atoms with Gasteiger partial charge in [0.25, 0.3) is 0 Å². The molecule has 0 spiro atoms. The Labute approximate surface area is 144 Å². The van der Waals surface area contributed by atoms with Gasteiger partial charge in [-0.1, -0.05) is 54.6 Å². The van der Waals surface area contributed by atoms with E-state index < -0.39 is 5.63 Å². The third-order valence-electron chi connectivity index (χ3n) is 4.08. The lowest BCUT2D eigenvalue weighted by Crippen LogP contribution is -2.03. The highest BCUT2D eigenvalue weighted by atomic mass is 16.5. The quantitative estimate of drug-likeness (QED) is 0.554. The molecule has 4 aromatic rings. The maximum absolute atomic E-state index is 12.1. The van der Waals surface area contributed by atoms with Crippen molar-refractivity contribution in [2.75, 3.05) is 7.11 Å². The minimum Gasteiger partial charge on any atom is -0.496 e. The molecular formula is C21H15NO3. The van der Waals surface area contributed by atoms with E-state index in [1.54, 1.807) is 7.11 Å². The smallest absolute Gasteiger partial charge is 0.339 e. The van der Waals surface area contributed by atoms with Crippen molar-refractivity contribution in [1.29, 1.82) is 0 Å². The number of ether oxygens (including phenoxy) is 1. The third-order valence-corrected chi connectivity index (χ3v) is 4.08. The predicted molar refractivity (Wildman–Crippen MR) is 97.7 cm³/mol. The molecule has 0 N–H and O–H groups in total. The Morgan fingerprint density at radius 1 is 0.880 bits per heavy atom. The van der Waals surface area contributed by atoms with Crippen LogP contribution in [-0.4, -0.2) is 12.1 Å². The number of hydrogen-bond donors (Lipinski definition) is 0. The van der Waals surface area contributed by atoms with Crippen LogP contribution in [0.25, 0.3) is 33.5 Å². The molecule has 1 aromatic heterocycles. The summed E-state index contributed by atoms with van der Waals surface area (Å²) in [5, 5.41) is 2.13. The monoisotopic (exact) mass is 329 g/mol. The van der Waals surface area contributed by atoms with Crippen molar-refractivity contribution in [2.45, 2.75) is 0 Å². The number of hydrogen-bond acceptors (Lipinski definition) is 4. The van der Waals surface area contributed by atoms with Gasteiger partial charge in [0.15, 0.2) is 0 Å². The summed E-state index contributed by atoms with van der Waals surface area (Å²) in [6.07, 6.45) is 0. The first-order chi connectivity index (χ1) is 12.3. The third kappa shape index (κ3) is 2.78. The fourth-order valence-corrected chi connectivity index (χ4v) is 2.92. The zero-order valence-electron chi connectivity index (χ0n) is 13.6. The van der Waals surface area contributed by atoms with Gasteiger partial charge in [-0.2, -0.15) is 0 Å².